The van der Waals surface area contributed by atoms with Crippen molar-refractivity contribution in [2.75, 3.05) is 9.80 Å². The first-order chi connectivity index (χ1) is 33.0. The predicted molar refractivity (Wildman–Crippen MR) is 293 cm³/mol. The smallest absolute Gasteiger partial charge is 0.252 e. The lowest BCUT2D eigenvalue weighted by molar-refractivity contribution is 0.590. The maximum Gasteiger partial charge on any atom is 0.252 e. The highest BCUT2D eigenvalue weighted by atomic mass is 16.3. The summed E-state index contributed by atoms with van der Waals surface area (Å²) >= 11 is 0. The first-order valence-electron chi connectivity index (χ1n) is 24.5. The normalized spacial score (nSPS) is 13.6. The lowest BCUT2D eigenvalue weighted by Gasteiger charge is -2.41. The largest absolute Gasteiger partial charge is 0.456 e. The molecule has 0 bridgehead atoms. The summed E-state index contributed by atoms with van der Waals surface area (Å²) in [5, 5.41) is 4.49. The Kier molecular flexibility index (Phi) is 8.65. The van der Waals surface area contributed by atoms with Gasteiger partial charge in [-0.05, 0) is 147 Å². The van der Waals surface area contributed by atoms with Crippen LogP contribution in [0.15, 0.2) is 167 Å². The zero-order valence-corrected chi connectivity index (χ0v) is 41.2. The van der Waals surface area contributed by atoms with Gasteiger partial charge >= 0.3 is 0 Å². The van der Waals surface area contributed by atoms with Gasteiger partial charge in [0.1, 0.15) is 22.3 Å². The number of aromatic nitrogens is 1. The van der Waals surface area contributed by atoms with E-state index >= 15 is 0 Å². The third-order valence-corrected chi connectivity index (χ3v) is 15.1. The minimum atomic E-state index is -0.113. The first-order valence-corrected chi connectivity index (χ1v) is 24.5. The number of furan rings is 2. The number of nitrogens with zero attached hydrogens (tertiary/aromatic N) is 3. The molecule has 3 aromatic heterocycles. The van der Waals surface area contributed by atoms with E-state index in [9.17, 15) is 0 Å². The Labute approximate surface area is 404 Å². The maximum absolute atomic E-state index is 6.93. The van der Waals surface area contributed by atoms with Gasteiger partial charge in [-0.15, -0.1) is 0 Å². The molecule has 0 amide bonds. The fourth-order valence-corrected chi connectivity index (χ4v) is 11.5. The average molecular weight is 898 g/mol. The van der Waals surface area contributed by atoms with E-state index in [1.54, 1.807) is 0 Å². The molecule has 11 aromatic rings. The van der Waals surface area contributed by atoms with E-state index < -0.39 is 0 Å². The van der Waals surface area contributed by atoms with Crippen molar-refractivity contribution in [3.05, 3.63) is 180 Å². The van der Waals surface area contributed by atoms with Gasteiger partial charge in [0, 0.05) is 50.3 Å². The lowest BCUT2D eigenvalue weighted by atomic mass is 9.33. The highest BCUT2D eigenvalue weighted by molar-refractivity contribution is 7.00. The molecule has 338 valence electrons. The van der Waals surface area contributed by atoms with E-state index in [2.05, 4.69) is 241 Å². The van der Waals surface area contributed by atoms with Crippen LogP contribution in [-0.2, 0) is 16.2 Å². The number of fused-ring (bicyclic) bond motifs is 12. The molecule has 0 saturated carbocycles. The average Bonchev–Trinajstić information content (AvgIpc) is 3.99. The molecule has 0 spiro atoms. The number of aryl methyl sites for hydroxylation is 1. The summed E-state index contributed by atoms with van der Waals surface area (Å²) < 4.78 is 16.1. The van der Waals surface area contributed by atoms with Crippen LogP contribution in [0.3, 0.4) is 0 Å². The summed E-state index contributed by atoms with van der Waals surface area (Å²) in [5.41, 5.74) is 22.7. The van der Waals surface area contributed by atoms with Crippen molar-refractivity contribution < 1.29 is 8.83 Å². The van der Waals surface area contributed by atoms with Gasteiger partial charge in [0.2, 0.25) is 0 Å². The van der Waals surface area contributed by atoms with E-state index in [0.717, 1.165) is 77.8 Å². The van der Waals surface area contributed by atoms with E-state index in [-0.39, 0.29) is 23.0 Å². The summed E-state index contributed by atoms with van der Waals surface area (Å²) in [7, 11) is 0. The molecule has 13 rings (SSSR count). The van der Waals surface area contributed by atoms with Crippen LogP contribution in [0.1, 0.15) is 84.6 Å². The number of rotatable bonds is 4. The number of hydrogen-bond donors (Lipinski definition) is 0. The van der Waals surface area contributed by atoms with E-state index in [1.807, 2.05) is 0 Å². The van der Waals surface area contributed by atoms with Gasteiger partial charge in [-0.1, -0.05) is 135 Å². The monoisotopic (exact) mass is 897 g/mol. The minimum absolute atomic E-state index is 0.0257. The van der Waals surface area contributed by atoms with Gasteiger partial charge in [0.25, 0.3) is 6.71 Å². The Morgan fingerprint density at radius 3 is 1.67 bits per heavy atom. The molecule has 2 aliphatic heterocycles. The second-order valence-electron chi connectivity index (χ2n) is 22.7. The van der Waals surface area contributed by atoms with Crippen LogP contribution in [0.4, 0.5) is 34.1 Å². The molecule has 0 atom stereocenters. The van der Waals surface area contributed by atoms with Gasteiger partial charge in [-0.3, -0.25) is 0 Å². The van der Waals surface area contributed by atoms with Gasteiger partial charge < -0.3 is 23.2 Å². The second kappa shape index (κ2) is 14.3. The summed E-state index contributed by atoms with van der Waals surface area (Å²) in [6.07, 6.45) is 0. The Morgan fingerprint density at radius 2 is 1.01 bits per heavy atom. The Bertz CT molecular complexity index is 3860. The molecule has 69 heavy (non-hydrogen) atoms. The molecule has 0 unspecified atom stereocenters. The van der Waals surface area contributed by atoms with E-state index in [4.69, 9.17) is 8.83 Å². The van der Waals surface area contributed by atoms with Gasteiger partial charge in [-0.2, -0.15) is 0 Å². The fraction of sp³-hybridized carbons (Fsp3) is 0.206. The topological polar surface area (TPSA) is 37.7 Å². The van der Waals surface area contributed by atoms with E-state index in [1.165, 1.54) is 55.5 Å². The van der Waals surface area contributed by atoms with Crippen LogP contribution >= 0.6 is 0 Å². The van der Waals surface area contributed by atoms with Crippen LogP contribution in [0.25, 0.3) is 60.6 Å². The number of para-hydroxylation sites is 2. The van der Waals surface area contributed by atoms with Crippen LogP contribution in [0.2, 0.25) is 0 Å². The molecular formula is C63H56BN3O2. The summed E-state index contributed by atoms with van der Waals surface area (Å²) in [5.74, 6) is 0. The van der Waals surface area contributed by atoms with Gasteiger partial charge in [0.15, 0.2) is 5.58 Å². The molecule has 5 heterocycles. The van der Waals surface area contributed by atoms with E-state index in [0.29, 0.717) is 0 Å². The van der Waals surface area contributed by atoms with Crippen molar-refractivity contribution in [3.63, 3.8) is 0 Å². The number of anilines is 6. The standard InChI is InChI=1S/C63H56BN3O2/c1-37-32-51-57-52(33-37)67-58-46(60-59(67)45-17-12-14-20-54(45)69-60)34-40(63(8,9)10)35-48(58)64(57)47-31-30-43(36-50(47)66(51)49-18-15-21-55-56(49)44-16-11-13-19-53(44)68-55)65(41-26-22-38(23-27-41)61(2,3)4)42-28-24-39(25-29-42)62(5,6)7/h11-36H,1-10H3. The molecular weight excluding hydrogens is 842 g/mol. The third-order valence-electron chi connectivity index (χ3n) is 15.1. The highest BCUT2D eigenvalue weighted by Gasteiger charge is 2.44. The summed E-state index contributed by atoms with van der Waals surface area (Å²) in [6.45, 7) is 22.9. The number of benzene rings is 8. The molecule has 6 heteroatoms. The van der Waals surface area contributed by atoms with Crippen LogP contribution in [-0.4, -0.2) is 11.3 Å². The third kappa shape index (κ3) is 6.16. The molecule has 0 N–H and O–H groups in total. The van der Waals surface area contributed by atoms with Crippen LogP contribution in [0.5, 0.6) is 0 Å². The molecule has 0 aliphatic carbocycles. The minimum Gasteiger partial charge on any atom is -0.456 e. The Balaban J connectivity index is 1.15. The quantitative estimate of drug-likeness (QED) is 0.165. The first kappa shape index (κ1) is 41.7. The molecule has 2 aliphatic rings. The van der Waals surface area contributed by atoms with Gasteiger partial charge in [-0.25, -0.2) is 0 Å². The Hall–Kier alpha value is -7.44. The zero-order valence-electron chi connectivity index (χ0n) is 41.2. The SMILES string of the molecule is Cc1cc2c3c(c1)-n1c4c(cc(C(C)(C)C)cc4c4oc5ccccc5c41)B3c1ccc(N(c3ccc(C(C)(C)C)cc3)c3ccc(C(C)(C)C)cc3)cc1N2c1cccc2oc3ccccc3c12. The predicted octanol–water partition coefficient (Wildman–Crippen LogP) is 15.7. The molecule has 0 saturated heterocycles. The zero-order chi connectivity index (χ0) is 47.5. The van der Waals surface area contributed by atoms with Crippen LogP contribution in [0, 0.1) is 6.92 Å². The van der Waals surface area contributed by atoms with Crippen molar-refractivity contribution in [1.82, 2.24) is 4.57 Å². The van der Waals surface area contributed by atoms with Crippen molar-refractivity contribution in [2.45, 2.75) is 85.5 Å². The number of hydrogen-bond acceptors (Lipinski definition) is 4. The maximum atomic E-state index is 6.93. The molecule has 8 aromatic carbocycles. The van der Waals surface area contributed by atoms with Crippen LogP contribution < -0.4 is 26.2 Å². The van der Waals surface area contributed by atoms with Gasteiger partial charge in [0.05, 0.1) is 16.6 Å². The second-order valence-corrected chi connectivity index (χ2v) is 22.7. The molecule has 5 nitrogen and oxygen atoms in total. The van der Waals surface area contributed by atoms with Crippen molar-refractivity contribution in [3.8, 4) is 5.69 Å². The summed E-state index contributed by atoms with van der Waals surface area (Å²) in [4.78, 5) is 4.99. The molecule has 0 fully saturated rings. The fourth-order valence-electron chi connectivity index (χ4n) is 11.5. The Morgan fingerprint density at radius 1 is 0.435 bits per heavy atom. The molecule has 0 radical (unpaired) electrons. The summed E-state index contributed by atoms with van der Waals surface area (Å²) in [6, 6.07) is 58.9. The van der Waals surface area contributed by atoms with Crippen molar-refractivity contribution in [1.29, 1.82) is 0 Å². The lowest BCUT2D eigenvalue weighted by Crippen LogP contribution is -2.60. The highest BCUT2D eigenvalue weighted by Crippen LogP contribution is 2.49. The van der Waals surface area contributed by atoms with Crippen molar-refractivity contribution >= 4 is 112 Å². The van der Waals surface area contributed by atoms with Crippen molar-refractivity contribution in [2.24, 2.45) is 0 Å².